The summed E-state index contributed by atoms with van der Waals surface area (Å²) in [5, 5.41) is 9.88. The van der Waals surface area contributed by atoms with Crippen LogP contribution in [0.3, 0.4) is 0 Å². The van der Waals surface area contributed by atoms with Gasteiger partial charge >= 0.3 is 0 Å². The van der Waals surface area contributed by atoms with Gasteiger partial charge in [-0.25, -0.2) is 0 Å². The summed E-state index contributed by atoms with van der Waals surface area (Å²) < 4.78 is 0. The summed E-state index contributed by atoms with van der Waals surface area (Å²) in [6.45, 7) is 18.3. The van der Waals surface area contributed by atoms with Crippen LogP contribution in [0, 0.1) is 61.6 Å². The van der Waals surface area contributed by atoms with Gasteiger partial charge in [0.1, 0.15) is 6.07 Å². The van der Waals surface area contributed by atoms with E-state index in [9.17, 15) is 14.9 Å². The zero-order valence-electron chi connectivity index (χ0n) is 23.2. The smallest absolute Gasteiger partial charge is 0.178 e. The first-order valence-electron chi connectivity index (χ1n) is 14.0. The minimum atomic E-state index is -0.646. The average molecular weight is 489 g/mol. The minimum Gasteiger partial charge on any atom is -0.330 e. The molecule has 5 rings (SSSR count). The molecule has 0 spiro atoms. The van der Waals surface area contributed by atoms with E-state index >= 15 is 0 Å². The Balaban J connectivity index is 1.73. The Hall–Kier alpha value is -1.99. The number of nitriles is 1. The Bertz CT molecular complexity index is 1150. The molecule has 4 heteroatoms. The Labute approximate surface area is 217 Å². The summed E-state index contributed by atoms with van der Waals surface area (Å²) in [4.78, 5) is 27.6. The molecule has 3 fully saturated rings. The molecule has 0 aromatic rings. The molecule has 0 aromatic heterocycles. The third-order valence-electron chi connectivity index (χ3n) is 12.3. The van der Waals surface area contributed by atoms with Gasteiger partial charge in [0.15, 0.2) is 11.6 Å². The van der Waals surface area contributed by atoms with E-state index in [1.807, 2.05) is 26.0 Å². The van der Waals surface area contributed by atoms with E-state index in [-0.39, 0.29) is 56.6 Å². The molecule has 0 aromatic carbocycles. The second kappa shape index (κ2) is 7.53. The number of allylic oxidation sites excluding steroid dienone is 5. The highest BCUT2D eigenvalue weighted by Gasteiger charge is 2.70. The van der Waals surface area contributed by atoms with Crippen LogP contribution >= 0.6 is 0 Å². The highest BCUT2D eigenvalue weighted by atomic mass is 16.1. The van der Waals surface area contributed by atoms with Crippen molar-refractivity contribution in [1.82, 2.24) is 0 Å². The maximum Gasteiger partial charge on any atom is 0.178 e. The van der Waals surface area contributed by atoms with Crippen molar-refractivity contribution in [2.75, 3.05) is 6.54 Å². The fourth-order valence-electron chi connectivity index (χ4n) is 10.2. The Morgan fingerprint density at radius 1 is 1.08 bits per heavy atom. The van der Waals surface area contributed by atoms with Gasteiger partial charge in [-0.1, -0.05) is 53.7 Å². The van der Waals surface area contributed by atoms with Crippen LogP contribution in [0.4, 0.5) is 0 Å². The molecule has 0 saturated heterocycles. The third-order valence-corrected chi connectivity index (χ3v) is 12.3. The number of rotatable bonds is 2. The molecular formula is C32H44N2O2. The van der Waals surface area contributed by atoms with Gasteiger partial charge < -0.3 is 5.73 Å². The molecule has 0 heterocycles. The second-order valence-corrected chi connectivity index (χ2v) is 14.7. The van der Waals surface area contributed by atoms with Crippen molar-refractivity contribution >= 4 is 11.6 Å². The van der Waals surface area contributed by atoms with Gasteiger partial charge in [0.25, 0.3) is 0 Å². The average Bonchev–Trinajstić information content (AvgIpc) is 2.82. The van der Waals surface area contributed by atoms with Crippen molar-refractivity contribution in [3.05, 3.63) is 36.0 Å². The van der Waals surface area contributed by atoms with Crippen LogP contribution < -0.4 is 5.73 Å². The van der Waals surface area contributed by atoms with Gasteiger partial charge in [-0.3, -0.25) is 9.59 Å². The molecule has 5 aliphatic carbocycles. The number of carbonyl (C=O) groups excluding carboxylic acids is 2. The highest BCUT2D eigenvalue weighted by Crippen LogP contribution is 2.74. The predicted octanol–water partition coefficient (Wildman–Crippen LogP) is 6.33. The summed E-state index contributed by atoms with van der Waals surface area (Å²) in [7, 11) is 0. The van der Waals surface area contributed by atoms with E-state index in [1.54, 1.807) is 0 Å². The standard InChI is InChI=1S/C32H44N2O2/c1-8-32-14-13-31(19-34)12-11-27(2,3)17-21(31)25(32)22(35)15-24-29(6)16-20(18-33)26(36)28(4,5)23(29)9-10-30(24,32)7/h8,15-16,21,23,25H,1,9-14,17,19,34H2,2-7H3/t21-,23-,25?,29?,30+,31?,32+/m0/s1. The van der Waals surface area contributed by atoms with Gasteiger partial charge in [-0.05, 0) is 91.2 Å². The van der Waals surface area contributed by atoms with Crippen LogP contribution in [0.15, 0.2) is 36.0 Å². The molecular weight excluding hydrogens is 444 g/mol. The monoisotopic (exact) mass is 488 g/mol. The van der Waals surface area contributed by atoms with Gasteiger partial charge in [0.2, 0.25) is 0 Å². The van der Waals surface area contributed by atoms with E-state index in [4.69, 9.17) is 5.73 Å². The van der Waals surface area contributed by atoms with Crippen molar-refractivity contribution in [2.45, 2.75) is 86.5 Å². The topological polar surface area (TPSA) is 83.9 Å². The third kappa shape index (κ3) is 2.90. The lowest BCUT2D eigenvalue weighted by Gasteiger charge is -2.69. The zero-order chi connectivity index (χ0) is 26.5. The van der Waals surface area contributed by atoms with E-state index in [0.29, 0.717) is 6.54 Å². The van der Waals surface area contributed by atoms with Crippen LogP contribution in [0.1, 0.15) is 86.5 Å². The fraction of sp³-hybridized carbons (Fsp3) is 0.719. The van der Waals surface area contributed by atoms with Crippen LogP contribution in [0.5, 0.6) is 0 Å². The lowest BCUT2D eigenvalue weighted by atomic mass is 9.34. The predicted molar refractivity (Wildman–Crippen MR) is 142 cm³/mol. The summed E-state index contributed by atoms with van der Waals surface area (Å²) >= 11 is 0. The lowest BCUT2D eigenvalue weighted by Crippen LogP contribution is -2.65. The normalized spacial score (nSPS) is 46.7. The minimum absolute atomic E-state index is 0.0261. The molecule has 194 valence electrons. The number of Topliss-reactive ketones (excluding diaryl/α,β-unsaturated/α-hetero) is 1. The molecule has 0 amide bonds. The van der Waals surface area contributed by atoms with E-state index in [2.05, 4.69) is 46.4 Å². The first-order valence-corrected chi connectivity index (χ1v) is 14.0. The van der Waals surface area contributed by atoms with Crippen molar-refractivity contribution in [3.63, 3.8) is 0 Å². The SMILES string of the molecule is C=C[C@@]12CCC3(CN)CCC(C)(C)C[C@H]3C1C(=O)C=C1C3(C)C=C(C#N)C(=O)C(C)(C)[C@@H]3CC[C@]12C. The molecule has 7 atom stereocenters. The molecule has 3 saturated carbocycles. The van der Waals surface area contributed by atoms with Crippen LogP contribution in [0.2, 0.25) is 0 Å². The molecule has 36 heavy (non-hydrogen) atoms. The number of carbonyl (C=O) groups is 2. The van der Waals surface area contributed by atoms with Crippen LogP contribution in [-0.4, -0.2) is 18.1 Å². The fourth-order valence-corrected chi connectivity index (χ4v) is 10.2. The molecule has 4 nitrogen and oxygen atoms in total. The van der Waals surface area contributed by atoms with Crippen molar-refractivity contribution in [2.24, 2.45) is 56.0 Å². The largest absolute Gasteiger partial charge is 0.330 e. The Morgan fingerprint density at radius 2 is 1.75 bits per heavy atom. The van der Waals surface area contributed by atoms with Crippen molar-refractivity contribution < 1.29 is 9.59 Å². The maximum atomic E-state index is 14.4. The molecule has 0 aliphatic heterocycles. The summed E-state index contributed by atoms with van der Waals surface area (Å²) in [6, 6.07) is 2.19. The van der Waals surface area contributed by atoms with Crippen LogP contribution in [0.25, 0.3) is 0 Å². The van der Waals surface area contributed by atoms with E-state index in [0.717, 1.165) is 50.5 Å². The van der Waals surface area contributed by atoms with E-state index in [1.165, 1.54) is 0 Å². The van der Waals surface area contributed by atoms with Crippen molar-refractivity contribution in [3.8, 4) is 6.07 Å². The number of nitrogens with two attached hydrogens (primary N) is 1. The molecule has 5 aliphatic rings. The highest BCUT2D eigenvalue weighted by molar-refractivity contribution is 6.04. The number of hydrogen-bond acceptors (Lipinski definition) is 4. The number of nitrogens with zero attached hydrogens (tertiary/aromatic N) is 1. The lowest BCUT2D eigenvalue weighted by molar-refractivity contribution is -0.162. The zero-order valence-corrected chi connectivity index (χ0v) is 23.2. The van der Waals surface area contributed by atoms with E-state index < -0.39 is 10.8 Å². The summed E-state index contributed by atoms with van der Waals surface area (Å²) in [6.07, 6.45) is 13.1. The van der Waals surface area contributed by atoms with Gasteiger partial charge in [-0.15, -0.1) is 6.58 Å². The van der Waals surface area contributed by atoms with Crippen molar-refractivity contribution in [1.29, 1.82) is 5.26 Å². The molecule has 2 N–H and O–H groups in total. The van der Waals surface area contributed by atoms with Gasteiger partial charge in [0, 0.05) is 22.2 Å². The van der Waals surface area contributed by atoms with Crippen LogP contribution in [-0.2, 0) is 9.59 Å². The van der Waals surface area contributed by atoms with Gasteiger partial charge in [0.05, 0.1) is 5.57 Å². The molecule has 0 bridgehead atoms. The number of ketones is 2. The first-order chi connectivity index (χ1) is 16.7. The number of hydrogen-bond donors (Lipinski definition) is 1. The second-order valence-electron chi connectivity index (χ2n) is 14.7. The quantitative estimate of drug-likeness (QED) is 0.460. The maximum absolute atomic E-state index is 14.4. The van der Waals surface area contributed by atoms with Gasteiger partial charge in [-0.2, -0.15) is 5.26 Å². The molecule has 0 radical (unpaired) electrons. The summed E-state index contributed by atoms with van der Waals surface area (Å²) in [5.74, 6) is 0.343. The summed E-state index contributed by atoms with van der Waals surface area (Å²) in [5.41, 5.74) is 6.34. The number of fused-ring (bicyclic) bond motifs is 7. The molecule has 3 unspecified atom stereocenters. The Morgan fingerprint density at radius 3 is 2.36 bits per heavy atom. The Kier molecular flexibility index (Phi) is 5.37. The first kappa shape index (κ1) is 25.7.